The molecule has 4 nitrogen and oxygen atoms in total. The van der Waals surface area contributed by atoms with Gasteiger partial charge in [-0.3, -0.25) is 4.72 Å². The molecule has 1 aromatic rings. The summed E-state index contributed by atoms with van der Waals surface area (Å²) in [4.78, 5) is 0. The van der Waals surface area contributed by atoms with Crippen LogP contribution in [0, 0.1) is 0 Å². The lowest BCUT2D eigenvalue weighted by atomic mass is 10.1. The number of nitrogens with one attached hydrogen (secondary N) is 2. The zero-order valence-corrected chi connectivity index (χ0v) is 11.5. The molecule has 18 heavy (non-hydrogen) atoms. The topological polar surface area (TPSA) is 58.2 Å². The van der Waals surface area contributed by atoms with E-state index in [1.807, 2.05) is 12.1 Å². The van der Waals surface area contributed by atoms with Crippen molar-refractivity contribution in [3.05, 3.63) is 41.8 Å². The van der Waals surface area contributed by atoms with Gasteiger partial charge in [-0.05, 0) is 43.6 Å². The SMILES string of the molecule is C=CS(=O)(=O)Nc1ccc(CCNCCC)cc1. The maximum atomic E-state index is 11.3. The Kier molecular flexibility index (Phi) is 5.88. The molecule has 0 unspecified atom stereocenters. The van der Waals surface area contributed by atoms with Gasteiger partial charge in [-0.15, -0.1) is 0 Å². The van der Waals surface area contributed by atoms with Crippen molar-refractivity contribution in [1.82, 2.24) is 5.32 Å². The maximum absolute atomic E-state index is 11.3. The highest BCUT2D eigenvalue weighted by Crippen LogP contribution is 2.11. The number of hydrogen-bond donors (Lipinski definition) is 2. The van der Waals surface area contributed by atoms with Gasteiger partial charge in [0.2, 0.25) is 0 Å². The van der Waals surface area contributed by atoms with Gasteiger partial charge >= 0.3 is 0 Å². The Morgan fingerprint density at radius 2 is 1.89 bits per heavy atom. The summed E-state index contributed by atoms with van der Waals surface area (Å²) in [6.07, 6.45) is 2.07. The molecule has 0 aliphatic heterocycles. The van der Waals surface area contributed by atoms with Crippen molar-refractivity contribution in [3.63, 3.8) is 0 Å². The Morgan fingerprint density at radius 3 is 2.44 bits per heavy atom. The molecule has 1 rings (SSSR count). The Balaban J connectivity index is 2.50. The van der Waals surface area contributed by atoms with Crippen molar-refractivity contribution in [2.24, 2.45) is 0 Å². The van der Waals surface area contributed by atoms with Gasteiger partial charge in [0.15, 0.2) is 0 Å². The number of anilines is 1. The fourth-order valence-electron chi connectivity index (χ4n) is 1.48. The van der Waals surface area contributed by atoms with Crippen molar-refractivity contribution in [3.8, 4) is 0 Å². The lowest BCUT2D eigenvalue weighted by Gasteiger charge is -2.06. The average molecular weight is 268 g/mol. The van der Waals surface area contributed by atoms with Crippen molar-refractivity contribution in [2.75, 3.05) is 17.8 Å². The van der Waals surface area contributed by atoms with Crippen LogP contribution in [-0.2, 0) is 16.4 Å². The quantitative estimate of drug-likeness (QED) is 0.710. The highest BCUT2D eigenvalue weighted by molar-refractivity contribution is 7.95. The third-order valence-corrected chi connectivity index (χ3v) is 3.41. The lowest BCUT2D eigenvalue weighted by Crippen LogP contribution is -2.17. The molecule has 1 aromatic carbocycles. The number of sulfonamides is 1. The lowest BCUT2D eigenvalue weighted by molar-refractivity contribution is 0.609. The van der Waals surface area contributed by atoms with E-state index in [0.29, 0.717) is 5.69 Å². The van der Waals surface area contributed by atoms with Crippen LogP contribution in [0.1, 0.15) is 18.9 Å². The van der Waals surface area contributed by atoms with Crippen molar-refractivity contribution in [2.45, 2.75) is 19.8 Å². The third kappa shape index (κ3) is 5.33. The van der Waals surface area contributed by atoms with Crippen LogP contribution in [0.25, 0.3) is 0 Å². The molecule has 0 aromatic heterocycles. The van der Waals surface area contributed by atoms with E-state index in [2.05, 4.69) is 23.5 Å². The van der Waals surface area contributed by atoms with Crippen molar-refractivity contribution < 1.29 is 8.42 Å². The molecular weight excluding hydrogens is 248 g/mol. The van der Waals surface area contributed by atoms with Gasteiger partial charge in [-0.1, -0.05) is 25.6 Å². The largest absolute Gasteiger partial charge is 0.316 e. The fraction of sp³-hybridized carbons (Fsp3) is 0.385. The monoisotopic (exact) mass is 268 g/mol. The minimum atomic E-state index is -3.41. The molecule has 0 spiro atoms. The molecule has 0 bridgehead atoms. The van der Waals surface area contributed by atoms with E-state index in [1.165, 1.54) is 5.56 Å². The summed E-state index contributed by atoms with van der Waals surface area (Å²) in [6, 6.07) is 7.37. The van der Waals surface area contributed by atoms with Crippen LogP contribution in [0.15, 0.2) is 36.3 Å². The normalized spacial score (nSPS) is 11.2. The summed E-state index contributed by atoms with van der Waals surface area (Å²) in [7, 11) is -3.41. The fourth-order valence-corrected chi connectivity index (χ4v) is 2.03. The minimum absolute atomic E-state index is 0.556. The molecule has 0 atom stereocenters. The molecule has 0 heterocycles. The molecule has 0 aliphatic carbocycles. The summed E-state index contributed by atoms with van der Waals surface area (Å²) in [5.74, 6) is 0. The Labute approximate surface area is 109 Å². The van der Waals surface area contributed by atoms with Crippen LogP contribution in [0.5, 0.6) is 0 Å². The molecule has 0 fully saturated rings. The average Bonchev–Trinajstić information content (AvgIpc) is 2.36. The summed E-state index contributed by atoms with van der Waals surface area (Å²) in [5.41, 5.74) is 1.74. The third-order valence-electron chi connectivity index (χ3n) is 2.45. The number of hydrogen-bond acceptors (Lipinski definition) is 3. The van der Waals surface area contributed by atoms with E-state index in [4.69, 9.17) is 0 Å². The summed E-state index contributed by atoms with van der Waals surface area (Å²) >= 11 is 0. The molecule has 0 amide bonds. The minimum Gasteiger partial charge on any atom is -0.316 e. The molecule has 0 aliphatic rings. The zero-order valence-electron chi connectivity index (χ0n) is 10.6. The standard InChI is InChI=1S/C13H20N2O2S/c1-3-10-14-11-9-12-5-7-13(8-6-12)15-18(16,17)4-2/h4-8,14-15H,2-3,9-11H2,1H3. The van der Waals surface area contributed by atoms with Crippen LogP contribution in [0.2, 0.25) is 0 Å². The first kappa shape index (κ1) is 14.7. The van der Waals surface area contributed by atoms with Crippen LogP contribution in [0.4, 0.5) is 5.69 Å². The number of rotatable bonds is 8. The molecule has 5 heteroatoms. The predicted octanol–water partition coefficient (Wildman–Crippen LogP) is 2.11. The summed E-state index contributed by atoms with van der Waals surface area (Å²) in [6.45, 7) is 7.34. The number of benzene rings is 1. The first-order valence-corrected chi connectivity index (χ1v) is 7.57. The van der Waals surface area contributed by atoms with Gasteiger partial charge in [-0.2, -0.15) is 0 Å². The van der Waals surface area contributed by atoms with Crippen LogP contribution < -0.4 is 10.0 Å². The van der Waals surface area contributed by atoms with E-state index in [9.17, 15) is 8.42 Å². The molecule has 2 N–H and O–H groups in total. The Hall–Kier alpha value is -1.33. The second kappa shape index (κ2) is 7.18. The van der Waals surface area contributed by atoms with Gasteiger partial charge in [0.25, 0.3) is 10.0 Å². The van der Waals surface area contributed by atoms with Crippen LogP contribution in [0.3, 0.4) is 0 Å². The Morgan fingerprint density at radius 1 is 1.22 bits per heavy atom. The highest BCUT2D eigenvalue weighted by atomic mass is 32.2. The summed E-state index contributed by atoms with van der Waals surface area (Å²) in [5, 5.41) is 4.22. The van der Waals surface area contributed by atoms with Gasteiger partial charge in [0.1, 0.15) is 0 Å². The van der Waals surface area contributed by atoms with Gasteiger partial charge in [-0.25, -0.2) is 8.42 Å². The second-order valence-corrected chi connectivity index (χ2v) is 5.64. The van der Waals surface area contributed by atoms with E-state index >= 15 is 0 Å². The van der Waals surface area contributed by atoms with Gasteiger partial charge < -0.3 is 5.32 Å². The smallest absolute Gasteiger partial charge is 0.254 e. The van der Waals surface area contributed by atoms with Gasteiger partial charge in [0, 0.05) is 11.1 Å². The molecular formula is C13H20N2O2S. The second-order valence-electron chi connectivity index (χ2n) is 4.01. The van der Waals surface area contributed by atoms with Crippen molar-refractivity contribution in [1.29, 1.82) is 0 Å². The van der Waals surface area contributed by atoms with E-state index in [-0.39, 0.29) is 0 Å². The molecule has 0 saturated heterocycles. The van der Waals surface area contributed by atoms with Crippen LogP contribution >= 0.6 is 0 Å². The molecule has 0 radical (unpaired) electrons. The highest BCUT2D eigenvalue weighted by Gasteiger charge is 2.03. The predicted molar refractivity (Wildman–Crippen MR) is 76.0 cm³/mol. The molecule has 100 valence electrons. The first-order valence-electron chi connectivity index (χ1n) is 6.02. The van der Waals surface area contributed by atoms with E-state index < -0.39 is 10.0 Å². The van der Waals surface area contributed by atoms with E-state index in [0.717, 1.165) is 31.3 Å². The van der Waals surface area contributed by atoms with Crippen molar-refractivity contribution >= 4 is 15.7 Å². The van der Waals surface area contributed by atoms with Gasteiger partial charge in [0.05, 0.1) is 0 Å². The first-order chi connectivity index (χ1) is 8.57. The summed E-state index contributed by atoms with van der Waals surface area (Å²) < 4.78 is 24.9. The Bertz CT molecular complexity index is 466. The van der Waals surface area contributed by atoms with E-state index in [1.54, 1.807) is 12.1 Å². The zero-order chi connectivity index (χ0) is 13.4. The van der Waals surface area contributed by atoms with Crippen LogP contribution in [-0.4, -0.2) is 21.5 Å². The maximum Gasteiger partial charge on any atom is 0.254 e. The molecule has 0 saturated carbocycles.